The average Bonchev–Trinajstić information content (AvgIpc) is 2.47. The van der Waals surface area contributed by atoms with Gasteiger partial charge in [-0.1, -0.05) is 26.8 Å². The molecule has 0 spiro atoms. The number of ether oxygens (including phenoxy) is 1. The van der Waals surface area contributed by atoms with E-state index in [1.807, 2.05) is 0 Å². The second-order valence-corrected chi connectivity index (χ2v) is 6.00. The van der Waals surface area contributed by atoms with Gasteiger partial charge in [0.25, 0.3) is 0 Å². The molecule has 0 unspecified atom stereocenters. The number of benzene rings is 1. The maximum Gasteiger partial charge on any atom is 0.119 e. The number of nitrogens with zero attached hydrogens (tertiary/aromatic N) is 1. The first-order valence-electron chi connectivity index (χ1n) is 8.12. The number of fused-ring (bicyclic) bond motifs is 1. The molecule has 1 aliphatic rings. The van der Waals surface area contributed by atoms with Crippen LogP contribution in [0.25, 0.3) is 0 Å². The van der Waals surface area contributed by atoms with Crippen LogP contribution in [0.5, 0.6) is 5.75 Å². The van der Waals surface area contributed by atoms with E-state index in [0.717, 1.165) is 5.75 Å². The van der Waals surface area contributed by atoms with Gasteiger partial charge in [0, 0.05) is 6.04 Å². The average molecular weight is 275 g/mol. The molecule has 1 aromatic rings. The molecule has 1 aliphatic carbocycles. The minimum Gasteiger partial charge on any atom is -0.497 e. The molecule has 0 amide bonds. The first-order chi connectivity index (χ1) is 9.71. The maximum atomic E-state index is 5.41. The van der Waals surface area contributed by atoms with Crippen molar-refractivity contribution in [3.05, 3.63) is 29.3 Å². The summed E-state index contributed by atoms with van der Waals surface area (Å²) in [5.41, 5.74) is 3.01. The molecule has 2 nitrogen and oxygen atoms in total. The van der Waals surface area contributed by atoms with Gasteiger partial charge in [0.1, 0.15) is 5.75 Å². The maximum absolute atomic E-state index is 5.41. The van der Waals surface area contributed by atoms with Crippen molar-refractivity contribution >= 4 is 0 Å². The minimum absolute atomic E-state index is 0.604. The second-order valence-electron chi connectivity index (χ2n) is 6.00. The SMILES string of the molecule is CCCN(CCC)[C@@H]1CCc2ccc(OC)cc2[C@@H]1C. The van der Waals surface area contributed by atoms with E-state index in [4.69, 9.17) is 4.74 Å². The monoisotopic (exact) mass is 275 g/mol. The summed E-state index contributed by atoms with van der Waals surface area (Å²) in [7, 11) is 1.76. The summed E-state index contributed by atoms with van der Waals surface area (Å²) >= 11 is 0. The van der Waals surface area contributed by atoms with Crippen LogP contribution in [0, 0.1) is 0 Å². The van der Waals surface area contributed by atoms with Crippen molar-refractivity contribution in [3.63, 3.8) is 0 Å². The third-order valence-corrected chi connectivity index (χ3v) is 4.62. The molecule has 0 saturated heterocycles. The summed E-state index contributed by atoms with van der Waals surface area (Å²) in [5, 5.41) is 0. The molecule has 112 valence electrons. The standard InChI is InChI=1S/C18H29NO/c1-5-11-19(12-6-2)18-10-8-15-7-9-16(20-4)13-17(15)14(18)3/h7,9,13-14,18H,5-6,8,10-12H2,1-4H3/t14-,18+/m0/s1. The topological polar surface area (TPSA) is 12.5 Å². The van der Waals surface area contributed by atoms with E-state index in [1.54, 1.807) is 7.11 Å². The zero-order valence-corrected chi connectivity index (χ0v) is 13.5. The fourth-order valence-corrected chi connectivity index (χ4v) is 3.63. The molecule has 0 bridgehead atoms. The number of aryl methyl sites for hydroxylation is 1. The van der Waals surface area contributed by atoms with Crippen LogP contribution in [-0.2, 0) is 6.42 Å². The second kappa shape index (κ2) is 7.12. The van der Waals surface area contributed by atoms with Gasteiger partial charge >= 0.3 is 0 Å². The van der Waals surface area contributed by atoms with Gasteiger partial charge in [0.15, 0.2) is 0 Å². The Morgan fingerprint density at radius 2 is 1.90 bits per heavy atom. The van der Waals surface area contributed by atoms with Crippen LogP contribution < -0.4 is 4.74 Å². The van der Waals surface area contributed by atoms with Crippen molar-refractivity contribution in [3.8, 4) is 5.75 Å². The van der Waals surface area contributed by atoms with Crippen molar-refractivity contribution in [2.24, 2.45) is 0 Å². The molecule has 20 heavy (non-hydrogen) atoms. The summed E-state index contributed by atoms with van der Waals surface area (Å²) in [5.74, 6) is 1.60. The summed E-state index contributed by atoms with van der Waals surface area (Å²) in [4.78, 5) is 2.70. The van der Waals surface area contributed by atoms with Crippen LogP contribution in [0.4, 0.5) is 0 Å². The quantitative estimate of drug-likeness (QED) is 0.770. The summed E-state index contributed by atoms with van der Waals surface area (Å²) in [6.45, 7) is 9.41. The van der Waals surface area contributed by atoms with Gasteiger partial charge < -0.3 is 4.74 Å². The third-order valence-electron chi connectivity index (χ3n) is 4.62. The lowest BCUT2D eigenvalue weighted by Gasteiger charge is -2.39. The largest absolute Gasteiger partial charge is 0.497 e. The molecule has 2 heteroatoms. The first kappa shape index (κ1) is 15.4. The lowest BCUT2D eigenvalue weighted by molar-refractivity contribution is 0.159. The number of rotatable bonds is 6. The van der Waals surface area contributed by atoms with Crippen molar-refractivity contribution in [1.29, 1.82) is 0 Å². The molecule has 0 fully saturated rings. The first-order valence-corrected chi connectivity index (χ1v) is 8.12. The van der Waals surface area contributed by atoms with Crippen LogP contribution in [0.2, 0.25) is 0 Å². The molecule has 0 aliphatic heterocycles. The van der Waals surface area contributed by atoms with E-state index in [0.29, 0.717) is 12.0 Å². The fraction of sp³-hybridized carbons (Fsp3) is 0.667. The van der Waals surface area contributed by atoms with E-state index < -0.39 is 0 Å². The van der Waals surface area contributed by atoms with E-state index in [9.17, 15) is 0 Å². The highest BCUT2D eigenvalue weighted by atomic mass is 16.5. The van der Waals surface area contributed by atoms with E-state index in [1.165, 1.54) is 49.9 Å². The lowest BCUT2D eigenvalue weighted by atomic mass is 9.79. The smallest absolute Gasteiger partial charge is 0.119 e. The Bertz CT molecular complexity index is 423. The summed E-state index contributed by atoms with van der Waals surface area (Å²) in [6.07, 6.45) is 4.99. The number of methoxy groups -OCH3 is 1. The molecular formula is C18H29NO. The highest BCUT2D eigenvalue weighted by Crippen LogP contribution is 2.36. The number of hydrogen-bond acceptors (Lipinski definition) is 2. The van der Waals surface area contributed by atoms with Crippen LogP contribution in [-0.4, -0.2) is 31.1 Å². The van der Waals surface area contributed by atoms with Gasteiger partial charge in [-0.3, -0.25) is 4.90 Å². The Morgan fingerprint density at radius 3 is 2.50 bits per heavy atom. The Morgan fingerprint density at radius 1 is 1.20 bits per heavy atom. The lowest BCUT2D eigenvalue weighted by Crippen LogP contribution is -2.42. The molecule has 2 atom stereocenters. The highest BCUT2D eigenvalue weighted by Gasteiger charge is 2.30. The van der Waals surface area contributed by atoms with Crippen molar-refractivity contribution in [2.75, 3.05) is 20.2 Å². The van der Waals surface area contributed by atoms with Crippen LogP contribution in [0.3, 0.4) is 0 Å². The van der Waals surface area contributed by atoms with Crippen LogP contribution in [0.15, 0.2) is 18.2 Å². The third kappa shape index (κ3) is 3.17. The molecule has 1 aromatic carbocycles. The normalized spacial score (nSPS) is 21.9. The van der Waals surface area contributed by atoms with Crippen molar-refractivity contribution in [2.45, 2.75) is 58.4 Å². The van der Waals surface area contributed by atoms with Gasteiger partial charge in [-0.15, -0.1) is 0 Å². The zero-order valence-electron chi connectivity index (χ0n) is 13.5. The predicted octanol–water partition coefficient (Wildman–Crippen LogP) is 4.24. The number of hydrogen-bond donors (Lipinski definition) is 0. The molecule has 2 rings (SSSR count). The van der Waals surface area contributed by atoms with E-state index in [2.05, 4.69) is 43.9 Å². The predicted molar refractivity (Wildman–Crippen MR) is 85.7 cm³/mol. The molecule has 0 heterocycles. The van der Waals surface area contributed by atoms with Crippen molar-refractivity contribution < 1.29 is 4.74 Å². The fourth-order valence-electron chi connectivity index (χ4n) is 3.63. The Balaban J connectivity index is 2.22. The Labute approximate surface area is 124 Å². The van der Waals surface area contributed by atoms with Gasteiger partial charge in [0.2, 0.25) is 0 Å². The van der Waals surface area contributed by atoms with Crippen LogP contribution >= 0.6 is 0 Å². The summed E-state index contributed by atoms with van der Waals surface area (Å²) < 4.78 is 5.41. The van der Waals surface area contributed by atoms with Gasteiger partial charge in [-0.25, -0.2) is 0 Å². The summed E-state index contributed by atoms with van der Waals surface area (Å²) in [6, 6.07) is 7.30. The molecule has 0 saturated carbocycles. The van der Waals surface area contributed by atoms with Gasteiger partial charge in [-0.2, -0.15) is 0 Å². The molecule has 0 N–H and O–H groups in total. The van der Waals surface area contributed by atoms with E-state index >= 15 is 0 Å². The Hall–Kier alpha value is -1.02. The molecular weight excluding hydrogens is 246 g/mol. The van der Waals surface area contributed by atoms with Gasteiger partial charge in [-0.05, 0) is 68.0 Å². The molecule has 0 aromatic heterocycles. The van der Waals surface area contributed by atoms with Crippen molar-refractivity contribution in [1.82, 2.24) is 4.90 Å². The minimum atomic E-state index is 0.604. The van der Waals surface area contributed by atoms with E-state index in [-0.39, 0.29) is 0 Å². The van der Waals surface area contributed by atoms with Gasteiger partial charge in [0.05, 0.1) is 7.11 Å². The zero-order chi connectivity index (χ0) is 14.5. The Kier molecular flexibility index (Phi) is 5.47. The molecule has 0 radical (unpaired) electrons. The van der Waals surface area contributed by atoms with Crippen LogP contribution in [0.1, 0.15) is 57.1 Å². The highest BCUT2D eigenvalue weighted by molar-refractivity contribution is 5.40.